The molecule has 0 saturated heterocycles. The van der Waals surface area contributed by atoms with Gasteiger partial charge in [0.15, 0.2) is 0 Å². The summed E-state index contributed by atoms with van der Waals surface area (Å²) in [6.07, 6.45) is 0.233. The van der Waals surface area contributed by atoms with Crippen molar-refractivity contribution in [1.82, 2.24) is 10.2 Å². The van der Waals surface area contributed by atoms with Gasteiger partial charge in [-0.2, -0.15) is 0 Å². The van der Waals surface area contributed by atoms with Crippen LogP contribution in [0.5, 0.6) is 5.75 Å². The Hall–Kier alpha value is -4.15. The average molecular weight is 707 g/mol. The third-order valence-corrected chi connectivity index (χ3v) is 9.34. The quantitative estimate of drug-likeness (QED) is 0.169. The van der Waals surface area contributed by atoms with Gasteiger partial charge in [0, 0.05) is 23.0 Å². The summed E-state index contributed by atoms with van der Waals surface area (Å²) in [5.74, 6) is -0.288. The fourth-order valence-corrected chi connectivity index (χ4v) is 6.84. The highest BCUT2D eigenvalue weighted by Gasteiger charge is 2.35. The van der Waals surface area contributed by atoms with E-state index in [9.17, 15) is 18.0 Å². The number of hydrogen-bond donors (Lipinski definition) is 1. The Labute approximate surface area is 280 Å². The Morgan fingerprint density at radius 1 is 0.848 bits per heavy atom. The Morgan fingerprint density at radius 2 is 1.46 bits per heavy atom. The number of carbonyl (C=O) groups is 2. The van der Waals surface area contributed by atoms with Crippen molar-refractivity contribution in [3.05, 3.63) is 125 Å². The Morgan fingerprint density at radius 3 is 2.04 bits per heavy atom. The fourth-order valence-electron chi connectivity index (χ4n) is 4.96. The largest absolute Gasteiger partial charge is 0.494 e. The summed E-state index contributed by atoms with van der Waals surface area (Å²) >= 11 is 3.51. The van der Waals surface area contributed by atoms with Crippen molar-refractivity contribution in [3.8, 4) is 5.75 Å². The number of halogens is 1. The highest BCUT2D eigenvalue weighted by atomic mass is 79.9. The number of anilines is 1. The zero-order chi connectivity index (χ0) is 33.3. The van der Waals surface area contributed by atoms with Gasteiger partial charge in [0.1, 0.15) is 18.3 Å². The number of hydrogen-bond acceptors (Lipinski definition) is 5. The Balaban J connectivity index is 1.81. The molecule has 0 aliphatic carbocycles. The summed E-state index contributed by atoms with van der Waals surface area (Å²) in [7, 11) is -4.18. The normalized spacial score (nSPS) is 12.2. The number of nitrogens with one attached hydrogen (secondary N) is 1. The molecule has 1 N–H and O–H groups in total. The van der Waals surface area contributed by atoms with Crippen LogP contribution < -0.4 is 14.4 Å². The molecule has 0 heterocycles. The molecule has 4 aromatic carbocycles. The van der Waals surface area contributed by atoms with Crippen molar-refractivity contribution in [1.29, 1.82) is 0 Å². The predicted octanol–water partition coefficient (Wildman–Crippen LogP) is 6.60. The number of nitrogens with zero attached hydrogens (tertiary/aromatic N) is 2. The molecule has 1 atom stereocenters. The number of amides is 2. The van der Waals surface area contributed by atoms with E-state index in [1.807, 2.05) is 82.3 Å². The van der Waals surface area contributed by atoms with Gasteiger partial charge in [-0.3, -0.25) is 13.9 Å². The smallest absolute Gasteiger partial charge is 0.264 e. The lowest BCUT2D eigenvalue weighted by molar-refractivity contribution is -0.140. The highest BCUT2D eigenvalue weighted by molar-refractivity contribution is 9.10. The summed E-state index contributed by atoms with van der Waals surface area (Å²) in [5.41, 5.74) is 1.37. The minimum absolute atomic E-state index is 0.0431. The first-order valence-electron chi connectivity index (χ1n) is 15.1. The zero-order valence-electron chi connectivity index (χ0n) is 26.5. The molecule has 0 bridgehead atoms. The van der Waals surface area contributed by atoms with E-state index < -0.39 is 34.1 Å². The second kappa shape index (κ2) is 15.4. The Kier molecular flexibility index (Phi) is 11.6. The molecule has 0 saturated carbocycles. The van der Waals surface area contributed by atoms with E-state index in [0.29, 0.717) is 18.0 Å². The summed E-state index contributed by atoms with van der Waals surface area (Å²) in [4.78, 5) is 30.1. The van der Waals surface area contributed by atoms with E-state index in [2.05, 4.69) is 21.2 Å². The molecular weight excluding hydrogens is 666 g/mol. The third kappa shape index (κ3) is 9.43. The number of carbonyl (C=O) groups excluding carboxylic acids is 2. The van der Waals surface area contributed by atoms with Gasteiger partial charge >= 0.3 is 0 Å². The van der Waals surface area contributed by atoms with Crippen LogP contribution in [0.3, 0.4) is 0 Å². The molecule has 0 unspecified atom stereocenters. The van der Waals surface area contributed by atoms with E-state index in [0.717, 1.165) is 19.9 Å². The third-order valence-electron chi connectivity index (χ3n) is 7.06. The van der Waals surface area contributed by atoms with Crippen LogP contribution in [0.4, 0.5) is 5.69 Å². The minimum atomic E-state index is -4.18. The lowest BCUT2D eigenvalue weighted by Crippen LogP contribution is -2.56. The van der Waals surface area contributed by atoms with Crippen LogP contribution >= 0.6 is 15.9 Å². The molecule has 0 aliphatic rings. The average Bonchev–Trinajstić information content (AvgIpc) is 3.02. The molecule has 46 heavy (non-hydrogen) atoms. The van der Waals surface area contributed by atoms with Crippen LogP contribution in [0.25, 0.3) is 0 Å². The summed E-state index contributed by atoms with van der Waals surface area (Å²) in [5, 5.41) is 3.04. The molecule has 10 heteroatoms. The zero-order valence-corrected chi connectivity index (χ0v) is 28.9. The molecule has 0 fully saturated rings. The number of sulfonamides is 1. The molecule has 0 spiro atoms. The van der Waals surface area contributed by atoms with Gasteiger partial charge in [-0.1, -0.05) is 76.6 Å². The molecule has 242 valence electrons. The molecule has 2 amide bonds. The van der Waals surface area contributed by atoms with Crippen LogP contribution in [0, 0.1) is 0 Å². The molecular formula is C36H40BrN3O5S. The van der Waals surface area contributed by atoms with Gasteiger partial charge in [0.2, 0.25) is 11.8 Å². The summed E-state index contributed by atoms with van der Waals surface area (Å²) in [6.45, 7) is 7.50. The van der Waals surface area contributed by atoms with E-state index >= 15 is 0 Å². The van der Waals surface area contributed by atoms with E-state index in [1.165, 1.54) is 17.0 Å². The van der Waals surface area contributed by atoms with Crippen LogP contribution in [0.2, 0.25) is 0 Å². The monoisotopic (exact) mass is 705 g/mol. The standard InChI is InChI=1S/C36H40BrN3O5S/c1-5-45-31-21-19-30(20-22-31)40(46(43,44)32-17-10-7-11-18-32)26-34(41)39(25-28-15-12-16-29(37)23-28)33(35(42)38-36(2,3)4)24-27-13-8-6-9-14-27/h6-23,33H,5,24-26H2,1-4H3,(H,38,42)/t33-/m0/s1. The molecule has 4 aromatic rings. The van der Waals surface area contributed by atoms with Crippen LogP contribution in [0.1, 0.15) is 38.8 Å². The van der Waals surface area contributed by atoms with E-state index in [-0.39, 0.29) is 23.8 Å². The van der Waals surface area contributed by atoms with Crippen LogP contribution in [-0.2, 0) is 32.6 Å². The maximum absolute atomic E-state index is 14.6. The number of benzene rings is 4. The van der Waals surface area contributed by atoms with Crippen molar-refractivity contribution in [2.75, 3.05) is 17.5 Å². The van der Waals surface area contributed by atoms with Crippen molar-refractivity contribution in [2.45, 2.75) is 57.1 Å². The van der Waals surface area contributed by atoms with E-state index in [1.54, 1.807) is 42.5 Å². The highest BCUT2D eigenvalue weighted by Crippen LogP contribution is 2.27. The van der Waals surface area contributed by atoms with E-state index in [4.69, 9.17) is 4.74 Å². The molecule has 0 aliphatic heterocycles. The maximum Gasteiger partial charge on any atom is 0.264 e. The van der Waals surface area contributed by atoms with Crippen LogP contribution in [-0.4, -0.2) is 49.9 Å². The topological polar surface area (TPSA) is 96.0 Å². The van der Waals surface area contributed by atoms with Gasteiger partial charge in [0.05, 0.1) is 17.2 Å². The lowest BCUT2D eigenvalue weighted by atomic mass is 10.0. The second-order valence-corrected chi connectivity index (χ2v) is 14.6. The van der Waals surface area contributed by atoms with Gasteiger partial charge < -0.3 is 15.0 Å². The first kappa shape index (κ1) is 34.7. The maximum atomic E-state index is 14.6. The molecule has 4 rings (SSSR count). The van der Waals surface area contributed by atoms with Crippen molar-refractivity contribution >= 4 is 43.5 Å². The predicted molar refractivity (Wildman–Crippen MR) is 185 cm³/mol. The lowest BCUT2D eigenvalue weighted by Gasteiger charge is -2.35. The number of ether oxygens (including phenoxy) is 1. The first-order chi connectivity index (χ1) is 21.9. The summed E-state index contributed by atoms with van der Waals surface area (Å²) < 4.78 is 35.7. The Bertz CT molecular complexity index is 1710. The van der Waals surface area contributed by atoms with Crippen molar-refractivity contribution in [3.63, 3.8) is 0 Å². The van der Waals surface area contributed by atoms with Crippen LogP contribution in [0.15, 0.2) is 119 Å². The SMILES string of the molecule is CCOc1ccc(N(CC(=O)N(Cc2cccc(Br)c2)[C@@H](Cc2ccccc2)C(=O)NC(C)(C)C)S(=O)(=O)c2ccccc2)cc1. The van der Waals surface area contributed by atoms with Gasteiger partial charge in [-0.15, -0.1) is 0 Å². The first-order valence-corrected chi connectivity index (χ1v) is 17.3. The van der Waals surface area contributed by atoms with Gasteiger partial charge in [-0.05, 0) is 87.4 Å². The second-order valence-electron chi connectivity index (χ2n) is 11.8. The molecule has 0 radical (unpaired) electrons. The van der Waals surface area contributed by atoms with Crippen molar-refractivity contribution in [2.24, 2.45) is 0 Å². The van der Waals surface area contributed by atoms with Gasteiger partial charge in [0.25, 0.3) is 10.0 Å². The summed E-state index contributed by atoms with van der Waals surface area (Å²) in [6, 6.07) is 30.6. The molecule has 8 nitrogen and oxygen atoms in total. The van der Waals surface area contributed by atoms with Crippen molar-refractivity contribution < 1.29 is 22.7 Å². The number of rotatable bonds is 13. The van der Waals surface area contributed by atoms with Gasteiger partial charge in [-0.25, -0.2) is 8.42 Å². The minimum Gasteiger partial charge on any atom is -0.494 e. The fraction of sp³-hybridized carbons (Fsp3) is 0.278. The molecule has 0 aromatic heterocycles.